The summed E-state index contributed by atoms with van der Waals surface area (Å²) in [6, 6.07) is 19.6. The Hall–Kier alpha value is -3.28. The van der Waals surface area contributed by atoms with Crippen molar-refractivity contribution in [1.82, 2.24) is 0 Å². The molecule has 3 aromatic rings. The number of ether oxygens (including phenoxy) is 1. The van der Waals surface area contributed by atoms with Gasteiger partial charge in [-0.05, 0) is 48.0 Å². The predicted octanol–water partition coefficient (Wildman–Crippen LogP) is 5.84. The number of anilines is 2. The number of nitrogens with one attached hydrogen (secondary N) is 2. The van der Waals surface area contributed by atoms with Gasteiger partial charge in [0.05, 0.1) is 18.6 Å². The van der Waals surface area contributed by atoms with E-state index in [-0.39, 0.29) is 11.8 Å². The Morgan fingerprint density at radius 2 is 1.58 bits per heavy atom. The molecule has 0 aliphatic rings. The van der Waals surface area contributed by atoms with Gasteiger partial charge in [0.15, 0.2) is 0 Å². The summed E-state index contributed by atoms with van der Waals surface area (Å²) in [6.45, 7) is 0. The van der Waals surface area contributed by atoms with Crippen LogP contribution >= 0.6 is 23.2 Å². The van der Waals surface area contributed by atoms with E-state index in [0.717, 1.165) is 5.56 Å². The van der Waals surface area contributed by atoms with E-state index in [1.165, 1.54) is 13.2 Å². The van der Waals surface area contributed by atoms with Crippen LogP contribution in [0.25, 0.3) is 6.08 Å². The third-order valence-electron chi connectivity index (χ3n) is 4.30. The van der Waals surface area contributed by atoms with Gasteiger partial charge < -0.3 is 15.4 Å². The summed E-state index contributed by atoms with van der Waals surface area (Å²) in [5.41, 5.74) is 2.76. The first-order valence-corrected chi connectivity index (χ1v) is 10.2. The van der Waals surface area contributed by atoms with Crippen molar-refractivity contribution in [1.29, 1.82) is 0 Å². The lowest BCUT2D eigenvalue weighted by Crippen LogP contribution is -2.14. The zero-order valence-corrected chi connectivity index (χ0v) is 18.2. The van der Waals surface area contributed by atoms with Crippen molar-refractivity contribution in [3.8, 4) is 5.75 Å². The molecular weight excluding hydrogens is 435 g/mol. The van der Waals surface area contributed by atoms with Crippen molar-refractivity contribution in [3.63, 3.8) is 0 Å². The van der Waals surface area contributed by atoms with Gasteiger partial charge in [-0.1, -0.05) is 53.5 Å². The van der Waals surface area contributed by atoms with Crippen molar-refractivity contribution >= 4 is 52.5 Å². The van der Waals surface area contributed by atoms with Gasteiger partial charge in [-0.2, -0.15) is 0 Å². The lowest BCUT2D eigenvalue weighted by atomic mass is 10.1. The van der Waals surface area contributed by atoms with Gasteiger partial charge >= 0.3 is 0 Å². The first kappa shape index (κ1) is 22.4. The fraction of sp³-hybridized carbons (Fsp3) is 0.0833. The van der Waals surface area contributed by atoms with Crippen molar-refractivity contribution < 1.29 is 14.3 Å². The van der Waals surface area contributed by atoms with E-state index in [4.69, 9.17) is 27.9 Å². The van der Waals surface area contributed by atoms with Crippen LogP contribution in [0.2, 0.25) is 10.0 Å². The van der Waals surface area contributed by atoms with Crippen LogP contribution in [0.3, 0.4) is 0 Å². The minimum absolute atomic E-state index is 0.111. The Balaban J connectivity index is 1.58. The molecule has 0 bridgehead atoms. The second-order valence-electron chi connectivity index (χ2n) is 6.62. The minimum atomic E-state index is -0.334. The molecule has 0 aliphatic heterocycles. The highest BCUT2D eigenvalue weighted by Gasteiger charge is 2.08. The normalized spacial score (nSPS) is 10.7. The SMILES string of the molecule is COc1c(Cl)cc(Cl)cc1C=CC(=O)Nc1ccc(NC(=O)Cc2ccccc2)cc1. The molecule has 7 heteroatoms. The molecule has 0 heterocycles. The average Bonchev–Trinajstić information content (AvgIpc) is 2.74. The van der Waals surface area contributed by atoms with Gasteiger partial charge in [0.25, 0.3) is 0 Å². The van der Waals surface area contributed by atoms with Crippen LogP contribution in [0, 0.1) is 0 Å². The summed E-state index contributed by atoms with van der Waals surface area (Å²) >= 11 is 12.1. The predicted molar refractivity (Wildman–Crippen MR) is 126 cm³/mol. The van der Waals surface area contributed by atoms with Crippen molar-refractivity contribution in [2.75, 3.05) is 17.7 Å². The number of benzene rings is 3. The standard InChI is InChI=1S/C24H20Cl2N2O3/c1-31-24-17(14-18(25)15-21(24)26)7-12-22(29)27-19-8-10-20(11-9-19)28-23(30)13-16-5-3-2-4-6-16/h2-12,14-15H,13H2,1H3,(H,27,29)(H,28,30). The molecule has 0 atom stereocenters. The molecule has 2 amide bonds. The molecule has 31 heavy (non-hydrogen) atoms. The molecule has 0 fully saturated rings. The van der Waals surface area contributed by atoms with E-state index in [1.54, 1.807) is 42.5 Å². The molecule has 0 aromatic heterocycles. The number of rotatable bonds is 7. The van der Waals surface area contributed by atoms with E-state index in [2.05, 4.69) is 10.6 Å². The number of methoxy groups -OCH3 is 1. The zero-order valence-electron chi connectivity index (χ0n) is 16.7. The van der Waals surface area contributed by atoms with Crippen LogP contribution in [-0.2, 0) is 16.0 Å². The van der Waals surface area contributed by atoms with Gasteiger partial charge in [-0.15, -0.1) is 0 Å². The highest BCUT2D eigenvalue weighted by molar-refractivity contribution is 6.36. The number of carbonyl (C=O) groups excluding carboxylic acids is 2. The van der Waals surface area contributed by atoms with E-state index >= 15 is 0 Å². The van der Waals surface area contributed by atoms with Crippen molar-refractivity contribution in [2.24, 2.45) is 0 Å². The molecule has 2 N–H and O–H groups in total. The molecule has 0 aliphatic carbocycles. The molecular formula is C24H20Cl2N2O3. The van der Waals surface area contributed by atoms with Crippen molar-refractivity contribution in [3.05, 3.63) is 94.0 Å². The second kappa shape index (κ2) is 10.7. The highest BCUT2D eigenvalue weighted by Crippen LogP contribution is 2.33. The van der Waals surface area contributed by atoms with E-state index in [1.807, 2.05) is 30.3 Å². The Kier molecular flexibility index (Phi) is 7.70. The summed E-state index contributed by atoms with van der Waals surface area (Å²) < 4.78 is 5.26. The van der Waals surface area contributed by atoms with Gasteiger partial charge in [0.2, 0.25) is 11.8 Å². The smallest absolute Gasteiger partial charge is 0.248 e. The molecule has 0 saturated carbocycles. The first-order chi connectivity index (χ1) is 14.9. The summed E-state index contributed by atoms with van der Waals surface area (Å²) in [4.78, 5) is 24.4. The Morgan fingerprint density at radius 1 is 0.935 bits per heavy atom. The lowest BCUT2D eigenvalue weighted by molar-refractivity contribution is -0.115. The monoisotopic (exact) mass is 454 g/mol. The molecule has 158 valence electrons. The molecule has 3 rings (SSSR count). The lowest BCUT2D eigenvalue weighted by Gasteiger charge is -2.08. The number of hydrogen-bond donors (Lipinski definition) is 2. The van der Waals surface area contributed by atoms with Gasteiger partial charge in [-0.3, -0.25) is 9.59 Å². The minimum Gasteiger partial charge on any atom is -0.495 e. The van der Waals surface area contributed by atoms with Crippen molar-refractivity contribution in [2.45, 2.75) is 6.42 Å². The molecule has 5 nitrogen and oxygen atoms in total. The molecule has 0 saturated heterocycles. The molecule has 0 radical (unpaired) electrons. The largest absolute Gasteiger partial charge is 0.495 e. The van der Waals surface area contributed by atoms with Gasteiger partial charge in [0, 0.05) is 28.0 Å². The number of carbonyl (C=O) groups is 2. The van der Waals surface area contributed by atoms with E-state index in [9.17, 15) is 9.59 Å². The van der Waals surface area contributed by atoms with Gasteiger partial charge in [0.1, 0.15) is 5.75 Å². The Morgan fingerprint density at radius 3 is 2.23 bits per heavy atom. The van der Waals surface area contributed by atoms with Gasteiger partial charge in [-0.25, -0.2) is 0 Å². The number of amides is 2. The van der Waals surface area contributed by atoms with Crippen LogP contribution in [0.5, 0.6) is 5.75 Å². The highest BCUT2D eigenvalue weighted by atomic mass is 35.5. The summed E-state index contributed by atoms with van der Waals surface area (Å²) in [5, 5.41) is 6.39. The molecule has 3 aromatic carbocycles. The maximum atomic E-state index is 12.2. The summed E-state index contributed by atoms with van der Waals surface area (Å²) in [5.74, 6) is -0.00947. The van der Waals surface area contributed by atoms with Crippen LogP contribution < -0.4 is 15.4 Å². The quantitative estimate of drug-likeness (QED) is 0.440. The maximum absolute atomic E-state index is 12.2. The van der Waals surface area contributed by atoms with E-state index < -0.39 is 0 Å². The fourth-order valence-electron chi connectivity index (χ4n) is 2.89. The average molecular weight is 455 g/mol. The maximum Gasteiger partial charge on any atom is 0.248 e. The van der Waals surface area contributed by atoms with Crippen LogP contribution in [0.15, 0.2) is 72.8 Å². The Labute approximate surface area is 190 Å². The number of hydrogen-bond acceptors (Lipinski definition) is 3. The fourth-order valence-corrected chi connectivity index (χ4v) is 3.48. The summed E-state index contributed by atoms with van der Waals surface area (Å²) in [7, 11) is 1.49. The third kappa shape index (κ3) is 6.60. The molecule has 0 spiro atoms. The molecule has 0 unspecified atom stereocenters. The van der Waals surface area contributed by atoms with Crippen LogP contribution in [-0.4, -0.2) is 18.9 Å². The second-order valence-corrected chi connectivity index (χ2v) is 7.46. The summed E-state index contributed by atoms with van der Waals surface area (Å²) in [6.07, 6.45) is 3.23. The van der Waals surface area contributed by atoms with E-state index in [0.29, 0.717) is 39.2 Å². The third-order valence-corrected chi connectivity index (χ3v) is 4.80. The van der Waals surface area contributed by atoms with Crippen LogP contribution in [0.1, 0.15) is 11.1 Å². The topological polar surface area (TPSA) is 67.4 Å². The first-order valence-electron chi connectivity index (χ1n) is 9.40. The van der Waals surface area contributed by atoms with Crippen LogP contribution in [0.4, 0.5) is 11.4 Å². The Bertz CT molecular complexity index is 1100. The number of halogens is 2. The zero-order chi connectivity index (χ0) is 22.2.